The van der Waals surface area contributed by atoms with Gasteiger partial charge >= 0.3 is 0 Å². The third-order valence-electron chi connectivity index (χ3n) is 5.25. The number of benzene rings is 2. The van der Waals surface area contributed by atoms with E-state index in [1.54, 1.807) is 27.4 Å². The van der Waals surface area contributed by atoms with Gasteiger partial charge in [-0.25, -0.2) is 0 Å². The van der Waals surface area contributed by atoms with Crippen molar-refractivity contribution in [1.29, 1.82) is 0 Å². The first-order valence-corrected chi connectivity index (χ1v) is 10.4. The number of hydrogen-bond acceptors (Lipinski definition) is 6. The first-order chi connectivity index (χ1) is 15.0. The van der Waals surface area contributed by atoms with Crippen molar-refractivity contribution in [3.8, 4) is 28.7 Å². The number of carbonyl (C=O) groups excluding carboxylic acids is 1. The molecule has 0 aromatic heterocycles. The summed E-state index contributed by atoms with van der Waals surface area (Å²) in [6.45, 7) is 5.41. The highest BCUT2D eigenvalue weighted by molar-refractivity contribution is 5.80. The number of amides is 1. The summed E-state index contributed by atoms with van der Waals surface area (Å²) >= 11 is 0. The molecule has 0 radical (unpaired) electrons. The van der Waals surface area contributed by atoms with Gasteiger partial charge in [0, 0.05) is 12.0 Å². The maximum absolute atomic E-state index is 13.0. The summed E-state index contributed by atoms with van der Waals surface area (Å²) in [5, 5.41) is 3.16. The van der Waals surface area contributed by atoms with Crippen molar-refractivity contribution in [1.82, 2.24) is 5.32 Å². The highest BCUT2D eigenvalue weighted by Gasteiger charge is 2.23. The van der Waals surface area contributed by atoms with Gasteiger partial charge in [0.15, 0.2) is 23.0 Å². The third-order valence-corrected chi connectivity index (χ3v) is 5.25. The lowest BCUT2D eigenvalue weighted by Gasteiger charge is -2.24. The quantitative estimate of drug-likeness (QED) is 0.685. The molecule has 1 amide bonds. The zero-order valence-electron chi connectivity index (χ0n) is 18.8. The molecule has 2 aromatic rings. The van der Waals surface area contributed by atoms with E-state index in [2.05, 4.69) is 19.2 Å². The predicted octanol–water partition coefficient (Wildman–Crippen LogP) is 3.93. The monoisotopic (exact) mass is 429 g/mol. The maximum atomic E-state index is 13.0. The standard InChI is InChI=1S/C24H31NO6/c1-15(2)22(16-7-9-18-20(13-16)31-12-6-11-30-18)25-21(26)14-17-8-10-19(27-3)24(29-5)23(17)28-4/h7-10,13,15,22H,6,11-12,14H2,1-5H3,(H,25,26)/t22-/m0/s1. The molecular weight excluding hydrogens is 398 g/mol. The molecule has 7 heteroatoms. The van der Waals surface area contributed by atoms with Gasteiger partial charge in [-0.15, -0.1) is 0 Å². The van der Waals surface area contributed by atoms with Crippen LogP contribution in [0.15, 0.2) is 30.3 Å². The number of nitrogens with one attached hydrogen (secondary N) is 1. The van der Waals surface area contributed by atoms with Crippen LogP contribution in [0.3, 0.4) is 0 Å². The molecule has 0 unspecified atom stereocenters. The van der Waals surface area contributed by atoms with Crippen LogP contribution in [0.2, 0.25) is 0 Å². The van der Waals surface area contributed by atoms with Gasteiger partial charge in [-0.3, -0.25) is 4.79 Å². The first kappa shape index (κ1) is 22.6. The maximum Gasteiger partial charge on any atom is 0.225 e. The van der Waals surface area contributed by atoms with Crippen molar-refractivity contribution in [2.24, 2.45) is 5.92 Å². The van der Waals surface area contributed by atoms with Crippen molar-refractivity contribution < 1.29 is 28.5 Å². The first-order valence-electron chi connectivity index (χ1n) is 10.4. The van der Waals surface area contributed by atoms with E-state index in [0.29, 0.717) is 30.5 Å². The lowest BCUT2D eigenvalue weighted by molar-refractivity contribution is -0.121. The molecule has 7 nitrogen and oxygen atoms in total. The molecule has 0 saturated heterocycles. The Hall–Kier alpha value is -3.09. The van der Waals surface area contributed by atoms with Gasteiger partial charge < -0.3 is 29.0 Å². The molecular formula is C24H31NO6. The SMILES string of the molecule is COc1ccc(CC(=O)N[C@H](c2ccc3c(c2)OCCCO3)C(C)C)c(OC)c1OC. The lowest BCUT2D eigenvalue weighted by Crippen LogP contribution is -2.33. The van der Waals surface area contributed by atoms with Gasteiger partial charge in [0.25, 0.3) is 0 Å². The average Bonchev–Trinajstić information content (AvgIpc) is 3.01. The highest BCUT2D eigenvalue weighted by atomic mass is 16.5. The molecule has 1 aliphatic heterocycles. The lowest BCUT2D eigenvalue weighted by atomic mass is 9.95. The summed E-state index contributed by atoms with van der Waals surface area (Å²) in [4.78, 5) is 13.0. The average molecular weight is 430 g/mol. The Kier molecular flexibility index (Phi) is 7.50. The summed E-state index contributed by atoms with van der Waals surface area (Å²) < 4.78 is 27.8. The van der Waals surface area contributed by atoms with Gasteiger partial charge in [-0.05, 0) is 29.7 Å². The second-order valence-electron chi connectivity index (χ2n) is 7.72. The summed E-state index contributed by atoms with van der Waals surface area (Å²) in [7, 11) is 4.66. The van der Waals surface area contributed by atoms with Crippen molar-refractivity contribution in [2.45, 2.75) is 32.7 Å². The Morgan fingerprint density at radius 2 is 1.68 bits per heavy atom. The van der Waals surface area contributed by atoms with Crippen molar-refractivity contribution in [3.05, 3.63) is 41.5 Å². The van der Waals surface area contributed by atoms with E-state index in [9.17, 15) is 4.79 Å². The van der Waals surface area contributed by atoms with E-state index in [1.807, 2.05) is 24.3 Å². The van der Waals surface area contributed by atoms with Crippen LogP contribution in [0.1, 0.15) is 37.4 Å². The molecule has 0 aliphatic carbocycles. The molecule has 2 aromatic carbocycles. The van der Waals surface area contributed by atoms with Crippen molar-refractivity contribution >= 4 is 5.91 Å². The Morgan fingerprint density at radius 3 is 2.32 bits per heavy atom. The number of hydrogen-bond donors (Lipinski definition) is 1. The van der Waals surface area contributed by atoms with Crippen LogP contribution in [0.5, 0.6) is 28.7 Å². The molecule has 31 heavy (non-hydrogen) atoms. The fourth-order valence-corrected chi connectivity index (χ4v) is 3.71. The summed E-state index contributed by atoms with van der Waals surface area (Å²) in [5.74, 6) is 3.04. The zero-order valence-corrected chi connectivity index (χ0v) is 18.8. The number of carbonyl (C=O) groups is 1. The number of ether oxygens (including phenoxy) is 5. The van der Waals surface area contributed by atoms with E-state index >= 15 is 0 Å². The van der Waals surface area contributed by atoms with Gasteiger partial charge in [-0.2, -0.15) is 0 Å². The Morgan fingerprint density at radius 1 is 0.968 bits per heavy atom. The molecule has 1 atom stereocenters. The minimum atomic E-state index is -0.171. The molecule has 1 heterocycles. The van der Waals surface area contributed by atoms with Crippen LogP contribution >= 0.6 is 0 Å². The number of rotatable bonds is 8. The summed E-state index contributed by atoms with van der Waals surface area (Å²) in [6.07, 6.45) is 0.999. The number of fused-ring (bicyclic) bond motifs is 1. The molecule has 3 rings (SSSR count). The molecule has 0 bridgehead atoms. The normalized spacial score (nSPS) is 13.9. The third kappa shape index (κ3) is 5.16. The van der Waals surface area contributed by atoms with E-state index < -0.39 is 0 Å². The van der Waals surface area contributed by atoms with Gasteiger partial charge in [-0.1, -0.05) is 26.0 Å². The Balaban J connectivity index is 1.80. The second kappa shape index (κ2) is 10.3. The van der Waals surface area contributed by atoms with Crippen LogP contribution in [-0.2, 0) is 11.2 Å². The van der Waals surface area contributed by atoms with Crippen LogP contribution < -0.4 is 29.0 Å². The molecule has 0 spiro atoms. The fraction of sp³-hybridized carbons (Fsp3) is 0.458. The van der Waals surface area contributed by atoms with Crippen LogP contribution in [-0.4, -0.2) is 40.5 Å². The highest BCUT2D eigenvalue weighted by Crippen LogP contribution is 2.40. The van der Waals surface area contributed by atoms with Gasteiger partial charge in [0.2, 0.25) is 11.7 Å². The van der Waals surface area contributed by atoms with E-state index in [4.69, 9.17) is 23.7 Å². The molecule has 1 aliphatic rings. The van der Waals surface area contributed by atoms with E-state index in [1.165, 1.54) is 0 Å². The van der Waals surface area contributed by atoms with Crippen LogP contribution in [0.25, 0.3) is 0 Å². The van der Waals surface area contributed by atoms with Crippen LogP contribution in [0, 0.1) is 5.92 Å². The molecule has 1 N–H and O–H groups in total. The molecule has 168 valence electrons. The Bertz CT molecular complexity index is 911. The largest absolute Gasteiger partial charge is 0.493 e. The smallest absolute Gasteiger partial charge is 0.225 e. The van der Waals surface area contributed by atoms with E-state index in [-0.39, 0.29) is 24.3 Å². The van der Waals surface area contributed by atoms with Gasteiger partial charge in [0.05, 0.1) is 47.0 Å². The summed E-state index contributed by atoms with van der Waals surface area (Å²) in [5.41, 5.74) is 1.70. The molecule has 0 saturated carbocycles. The van der Waals surface area contributed by atoms with E-state index in [0.717, 1.165) is 29.0 Å². The second-order valence-corrected chi connectivity index (χ2v) is 7.72. The minimum Gasteiger partial charge on any atom is -0.493 e. The molecule has 0 fully saturated rings. The van der Waals surface area contributed by atoms with Crippen molar-refractivity contribution in [3.63, 3.8) is 0 Å². The van der Waals surface area contributed by atoms with Crippen LogP contribution in [0.4, 0.5) is 0 Å². The minimum absolute atomic E-state index is 0.115. The van der Waals surface area contributed by atoms with Gasteiger partial charge in [0.1, 0.15) is 0 Å². The predicted molar refractivity (Wildman–Crippen MR) is 118 cm³/mol. The van der Waals surface area contributed by atoms with Crippen molar-refractivity contribution in [2.75, 3.05) is 34.5 Å². The number of methoxy groups -OCH3 is 3. The topological polar surface area (TPSA) is 75.3 Å². The Labute approximate surface area is 183 Å². The fourth-order valence-electron chi connectivity index (χ4n) is 3.71. The summed E-state index contributed by atoms with van der Waals surface area (Å²) in [6, 6.07) is 9.27. The zero-order chi connectivity index (χ0) is 22.4.